The molecule has 0 aromatic heterocycles. The summed E-state index contributed by atoms with van der Waals surface area (Å²) in [6.45, 7) is 6.72. The second-order valence-electron chi connectivity index (χ2n) is 5.40. The Bertz CT molecular complexity index is 440. The van der Waals surface area contributed by atoms with Crippen LogP contribution in [0.25, 0.3) is 5.57 Å². The van der Waals surface area contributed by atoms with E-state index in [0.29, 0.717) is 5.92 Å². The van der Waals surface area contributed by atoms with E-state index in [1.807, 2.05) is 6.07 Å². The average molecular weight is 244 g/mol. The van der Waals surface area contributed by atoms with Crippen molar-refractivity contribution in [3.05, 3.63) is 35.4 Å². The van der Waals surface area contributed by atoms with Gasteiger partial charge in [0.15, 0.2) is 0 Å². The lowest BCUT2D eigenvalue weighted by atomic mass is 9.83. The minimum atomic E-state index is 0.702. The molecule has 2 heteroatoms. The van der Waals surface area contributed by atoms with Gasteiger partial charge in [0.2, 0.25) is 0 Å². The molecule has 1 heterocycles. The molecule has 0 spiro atoms. The quantitative estimate of drug-likeness (QED) is 0.809. The summed E-state index contributed by atoms with van der Waals surface area (Å²) in [5.41, 5.74) is 10.9. The summed E-state index contributed by atoms with van der Waals surface area (Å²) in [7, 11) is 2.21. The molecule has 0 atom stereocenters. The Morgan fingerprint density at radius 3 is 2.56 bits per heavy atom. The van der Waals surface area contributed by atoms with E-state index in [1.165, 1.54) is 42.6 Å². The lowest BCUT2D eigenvalue weighted by Crippen LogP contribution is -2.30. The summed E-state index contributed by atoms with van der Waals surface area (Å²) in [6, 6.07) is 6.27. The number of hydrogen-bond acceptors (Lipinski definition) is 2. The van der Waals surface area contributed by atoms with Crippen LogP contribution in [0.15, 0.2) is 24.3 Å². The van der Waals surface area contributed by atoms with Crippen LogP contribution in [0.4, 0.5) is 5.69 Å². The maximum absolute atomic E-state index is 5.84. The molecule has 18 heavy (non-hydrogen) atoms. The molecule has 0 saturated carbocycles. The summed E-state index contributed by atoms with van der Waals surface area (Å²) in [5, 5.41) is 0. The fraction of sp³-hybridized carbons (Fsp3) is 0.500. The third-order valence-corrected chi connectivity index (χ3v) is 4.03. The summed E-state index contributed by atoms with van der Waals surface area (Å²) in [6.07, 6.45) is 4.81. The Balaban J connectivity index is 2.23. The van der Waals surface area contributed by atoms with Crippen molar-refractivity contribution in [2.75, 3.05) is 25.9 Å². The average Bonchev–Trinajstić information content (AvgIpc) is 2.35. The monoisotopic (exact) mass is 244 g/mol. The summed E-state index contributed by atoms with van der Waals surface area (Å²) in [5.74, 6) is 0.702. The number of anilines is 1. The number of piperidine rings is 1. The third-order valence-electron chi connectivity index (χ3n) is 4.03. The van der Waals surface area contributed by atoms with E-state index < -0.39 is 0 Å². The van der Waals surface area contributed by atoms with Gasteiger partial charge in [0.05, 0.1) is 0 Å². The molecular formula is C16H24N2. The molecule has 2 rings (SSSR count). The van der Waals surface area contributed by atoms with Gasteiger partial charge in [-0.3, -0.25) is 0 Å². The van der Waals surface area contributed by atoms with Crippen molar-refractivity contribution >= 4 is 11.3 Å². The molecular weight excluding hydrogens is 220 g/mol. The van der Waals surface area contributed by atoms with Crippen LogP contribution in [-0.4, -0.2) is 25.0 Å². The fourth-order valence-corrected chi connectivity index (χ4v) is 2.94. The number of benzene rings is 1. The van der Waals surface area contributed by atoms with Gasteiger partial charge < -0.3 is 10.6 Å². The van der Waals surface area contributed by atoms with Crippen molar-refractivity contribution in [1.82, 2.24) is 4.90 Å². The molecule has 2 nitrogen and oxygen atoms in total. The lowest BCUT2D eigenvalue weighted by molar-refractivity contribution is 0.248. The molecule has 0 amide bonds. The molecule has 1 aromatic carbocycles. The Kier molecular flexibility index (Phi) is 4.07. The highest BCUT2D eigenvalue weighted by Gasteiger charge is 2.21. The van der Waals surface area contributed by atoms with Crippen molar-refractivity contribution in [1.29, 1.82) is 0 Å². The van der Waals surface area contributed by atoms with Crippen molar-refractivity contribution in [2.24, 2.45) is 5.92 Å². The topological polar surface area (TPSA) is 29.3 Å². The maximum Gasteiger partial charge on any atom is 0.0317 e. The number of nitrogens with zero attached hydrogens (tertiary/aromatic N) is 1. The number of nitrogen functional groups attached to an aromatic ring is 1. The van der Waals surface area contributed by atoms with Crippen LogP contribution in [0.1, 0.15) is 30.9 Å². The summed E-state index contributed by atoms with van der Waals surface area (Å²) in [4.78, 5) is 2.42. The number of allylic oxidation sites excluding steroid dienone is 2. The van der Waals surface area contributed by atoms with Gasteiger partial charge >= 0.3 is 0 Å². The van der Waals surface area contributed by atoms with Crippen molar-refractivity contribution in [2.45, 2.75) is 26.7 Å². The molecule has 0 radical (unpaired) electrons. The number of rotatable bonds is 2. The number of hydrogen-bond donors (Lipinski definition) is 1. The summed E-state index contributed by atoms with van der Waals surface area (Å²) >= 11 is 0. The highest BCUT2D eigenvalue weighted by molar-refractivity contribution is 5.71. The van der Waals surface area contributed by atoms with Crippen LogP contribution in [-0.2, 0) is 0 Å². The zero-order valence-electron chi connectivity index (χ0n) is 11.7. The van der Waals surface area contributed by atoms with E-state index in [4.69, 9.17) is 5.73 Å². The minimum Gasteiger partial charge on any atom is -0.399 e. The Morgan fingerprint density at radius 1 is 1.33 bits per heavy atom. The van der Waals surface area contributed by atoms with Gasteiger partial charge in [-0.1, -0.05) is 12.1 Å². The first-order valence-corrected chi connectivity index (χ1v) is 6.83. The van der Waals surface area contributed by atoms with Crippen LogP contribution in [0.2, 0.25) is 0 Å². The van der Waals surface area contributed by atoms with E-state index in [-0.39, 0.29) is 0 Å². The summed E-state index contributed by atoms with van der Waals surface area (Å²) < 4.78 is 0. The molecule has 0 aliphatic carbocycles. The first-order valence-electron chi connectivity index (χ1n) is 6.83. The number of nitrogens with two attached hydrogens (primary N) is 1. The maximum atomic E-state index is 5.84. The van der Waals surface area contributed by atoms with E-state index in [9.17, 15) is 0 Å². The molecule has 0 unspecified atom stereocenters. The fourth-order valence-electron chi connectivity index (χ4n) is 2.94. The Morgan fingerprint density at radius 2 is 2.00 bits per heavy atom. The molecule has 0 bridgehead atoms. The van der Waals surface area contributed by atoms with Crippen LogP contribution in [0.5, 0.6) is 0 Å². The van der Waals surface area contributed by atoms with E-state index in [0.717, 1.165) is 5.69 Å². The largest absolute Gasteiger partial charge is 0.399 e. The van der Waals surface area contributed by atoms with E-state index in [1.54, 1.807) is 0 Å². The van der Waals surface area contributed by atoms with Gasteiger partial charge in [0.25, 0.3) is 0 Å². The third kappa shape index (κ3) is 2.75. The van der Waals surface area contributed by atoms with Gasteiger partial charge in [-0.25, -0.2) is 0 Å². The van der Waals surface area contributed by atoms with Gasteiger partial charge in [-0.2, -0.15) is 0 Å². The van der Waals surface area contributed by atoms with Crippen molar-refractivity contribution in [3.63, 3.8) is 0 Å². The van der Waals surface area contributed by atoms with Crippen molar-refractivity contribution in [3.8, 4) is 0 Å². The number of likely N-dealkylation sites (tertiary alicyclic amines) is 1. The van der Waals surface area contributed by atoms with E-state index >= 15 is 0 Å². The van der Waals surface area contributed by atoms with Crippen LogP contribution in [0.3, 0.4) is 0 Å². The van der Waals surface area contributed by atoms with Crippen LogP contribution >= 0.6 is 0 Å². The Labute approximate surface area is 110 Å². The van der Waals surface area contributed by atoms with Crippen molar-refractivity contribution < 1.29 is 0 Å². The minimum absolute atomic E-state index is 0.702. The second kappa shape index (κ2) is 5.57. The zero-order valence-corrected chi connectivity index (χ0v) is 11.7. The molecule has 1 aliphatic rings. The molecule has 98 valence electrons. The van der Waals surface area contributed by atoms with E-state index in [2.05, 4.69) is 44.0 Å². The highest BCUT2D eigenvalue weighted by atomic mass is 15.1. The zero-order chi connectivity index (χ0) is 13.1. The first kappa shape index (κ1) is 13.2. The predicted molar refractivity (Wildman–Crippen MR) is 79.5 cm³/mol. The molecule has 2 N–H and O–H groups in total. The number of aryl methyl sites for hydroxylation is 1. The SMILES string of the molecule is C/C=C(\c1ccc(N)cc1C)C1CCN(C)CC1. The van der Waals surface area contributed by atoms with Crippen LogP contribution in [0, 0.1) is 12.8 Å². The van der Waals surface area contributed by atoms with Crippen LogP contribution < -0.4 is 5.73 Å². The normalized spacial score (nSPS) is 19.2. The standard InChI is InChI=1S/C16H24N2/c1-4-15(13-7-9-18(3)10-8-13)16-6-5-14(17)11-12(16)2/h4-6,11,13H,7-10,17H2,1-3H3/b15-4-. The van der Waals surface area contributed by atoms with Gasteiger partial charge in [-0.15, -0.1) is 0 Å². The van der Waals surface area contributed by atoms with Gasteiger partial charge in [0.1, 0.15) is 0 Å². The predicted octanol–water partition coefficient (Wildman–Crippen LogP) is 3.32. The Hall–Kier alpha value is -1.28. The molecule has 1 saturated heterocycles. The van der Waals surface area contributed by atoms with Gasteiger partial charge in [0, 0.05) is 5.69 Å². The molecule has 1 fully saturated rings. The lowest BCUT2D eigenvalue weighted by Gasteiger charge is -2.31. The first-order chi connectivity index (χ1) is 8.61. The second-order valence-corrected chi connectivity index (χ2v) is 5.40. The van der Waals surface area contributed by atoms with Gasteiger partial charge in [-0.05, 0) is 81.6 Å². The highest BCUT2D eigenvalue weighted by Crippen LogP contribution is 2.33. The smallest absolute Gasteiger partial charge is 0.0317 e. The molecule has 1 aliphatic heterocycles. The molecule has 1 aromatic rings.